The van der Waals surface area contributed by atoms with Crippen molar-refractivity contribution in [3.8, 4) is 5.75 Å². The van der Waals surface area contributed by atoms with Crippen molar-refractivity contribution in [1.29, 1.82) is 0 Å². The smallest absolute Gasteiger partial charge is 0.268 e. The molecule has 1 aliphatic rings. The number of methoxy groups -OCH3 is 1. The predicted octanol–water partition coefficient (Wildman–Crippen LogP) is 3.11. The number of nitrogens with zero attached hydrogens (tertiary/aromatic N) is 1. The molecule has 0 radical (unpaired) electrons. The van der Waals surface area contributed by atoms with Gasteiger partial charge in [0.05, 0.1) is 18.5 Å². The van der Waals surface area contributed by atoms with E-state index in [9.17, 15) is 13.6 Å². The normalized spacial score (nSPS) is 16.3. The first kappa shape index (κ1) is 15.9. The van der Waals surface area contributed by atoms with Gasteiger partial charge in [0, 0.05) is 12.5 Å². The Hall–Kier alpha value is -2.96. The monoisotopic (exact) mass is 332 g/mol. The third-order valence-electron chi connectivity index (χ3n) is 3.57. The molecular formula is C17H14F2N2O3. The Morgan fingerprint density at radius 2 is 2.00 bits per heavy atom. The lowest BCUT2D eigenvalue weighted by molar-refractivity contribution is -0.125. The average molecular weight is 332 g/mol. The molecule has 1 atom stereocenters. The van der Waals surface area contributed by atoms with Crippen molar-refractivity contribution in [1.82, 2.24) is 0 Å². The number of oxime groups is 1. The molecule has 24 heavy (non-hydrogen) atoms. The van der Waals surface area contributed by atoms with Crippen LogP contribution in [0.2, 0.25) is 0 Å². The highest BCUT2D eigenvalue weighted by Crippen LogP contribution is 2.21. The van der Waals surface area contributed by atoms with Gasteiger partial charge in [0.25, 0.3) is 5.91 Å². The molecule has 2 aromatic carbocycles. The van der Waals surface area contributed by atoms with E-state index in [2.05, 4.69) is 10.5 Å². The number of anilines is 1. The summed E-state index contributed by atoms with van der Waals surface area (Å²) < 4.78 is 31.8. The van der Waals surface area contributed by atoms with Gasteiger partial charge >= 0.3 is 0 Å². The molecule has 1 amide bonds. The van der Waals surface area contributed by atoms with E-state index in [-0.39, 0.29) is 12.1 Å². The number of ether oxygens (including phenoxy) is 1. The summed E-state index contributed by atoms with van der Waals surface area (Å²) >= 11 is 0. The molecule has 0 spiro atoms. The number of benzene rings is 2. The summed E-state index contributed by atoms with van der Waals surface area (Å²) in [4.78, 5) is 17.2. The van der Waals surface area contributed by atoms with Crippen LogP contribution in [0.15, 0.2) is 47.6 Å². The summed E-state index contributed by atoms with van der Waals surface area (Å²) in [6.45, 7) is 0. The number of hydrogen-bond donors (Lipinski definition) is 1. The number of hydrogen-bond acceptors (Lipinski definition) is 4. The fraction of sp³-hybridized carbons (Fsp3) is 0.176. The van der Waals surface area contributed by atoms with Crippen molar-refractivity contribution in [2.75, 3.05) is 12.4 Å². The number of carbonyl (C=O) groups excluding carboxylic acids is 1. The van der Waals surface area contributed by atoms with Gasteiger partial charge in [-0.15, -0.1) is 0 Å². The van der Waals surface area contributed by atoms with E-state index in [0.717, 1.165) is 23.8 Å². The lowest BCUT2D eigenvalue weighted by Gasteiger charge is -2.10. The highest BCUT2D eigenvalue weighted by Gasteiger charge is 2.29. The van der Waals surface area contributed by atoms with E-state index < -0.39 is 23.6 Å². The van der Waals surface area contributed by atoms with Crippen LogP contribution in [0.25, 0.3) is 0 Å². The molecule has 2 aromatic rings. The molecular weight excluding hydrogens is 318 g/mol. The van der Waals surface area contributed by atoms with Crippen molar-refractivity contribution in [2.45, 2.75) is 12.5 Å². The third kappa shape index (κ3) is 3.34. The van der Waals surface area contributed by atoms with Crippen LogP contribution in [0.3, 0.4) is 0 Å². The van der Waals surface area contributed by atoms with E-state index in [1.165, 1.54) is 0 Å². The lowest BCUT2D eigenvalue weighted by Crippen LogP contribution is -2.28. The minimum atomic E-state index is -0.898. The minimum Gasteiger partial charge on any atom is -0.497 e. The van der Waals surface area contributed by atoms with Gasteiger partial charge < -0.3 is 14.9 Å². The number of carbonyl (C=O) groups is 1. The topological polar surface area (TPSA) is 59.9 Å². The lowest BCUT2D eigenvalue weighted by atomic mass is 10.0. The standard InChI is InChI=1S/C17H14F2N2O3/c1-23-12-5-2-10(3-6-12)14-9-16(24-21-14)17(22)20-15-8-11(18)4-7-13(15)19/h2-8,16H,9H2,1H3,(H,20,22). The number of halogens is 2. The van der Waals surface area contributed by atoms with Crippen LogP contribution in [0, 0.1) is 11.6 Å². The van der Waals surface area contributed by atoms with Gasteiger partial charge in [-0.25, -0.2) is 8.78 Å². The molecule has 0 aliphatic carbocycles. The molecule has 7 heteroatoms. The molecule has 0 fully saturated rings. The molecule has 0 aromatic heterocycles. The Morgan fingerprint density at radius 3 is 2.71 bits per heavy atom. The highest BCUT2D eigenvalue weighted by atomic mass is 19.1. The Morgan fingerprint density at radius 1 is 1.25 bits per heavy atom. The number of rotatable bonds is 4. The molecule has 0 saturated carbocycles. The molecule has 1 aliphatic heterocycles. The van der Waals surface area contributed by atoms with Crippen LogP contribution >= 0.6 is 0 Å². The van der Waals surface area contributed by atoms with E-state index in [0.29, 0.717) is 11.5 Å². The maximum atomic E-state index is 13.6. The molecule has 1 heterocycles. The first-order valence-electron chi connectivity index (χ1n) is 7.20. The van der Waals surface area contributed by atoms with Crippen LogP contribution in [0.1, 0.15) is 12.0 Å². The third-order valence-corrected chi connectivity index (χ3v) is 3.57. The molecule has 124 valence electrons. The van der Waals surface area contributed by atoms with Crippen molar-refractivity contribution >= 4 is 17.3 Å². The molecule has 1 unspecified atom stereocenters. The van der Waals surface area contributed by atoms with Crippen LogP contribution in [-0.2, 0) is 9.63 Å². The van der Waals surface area contributed by atoms with E-state index in [1.807, 2.05) is 0 Å². The fourth-order valence-electron chi connectivity index (χ4n) is 2.28. The highest BCUT2D eigenvalue weighted by molar-refractivity contribution is 6.06. The van der Waals surface area contributed by atoms with Gasteiger partial charge in [-0.1, -0.05) is 5.16 Å². The Bertz CT molecular complexity index is 791. The van der Waals surface area contributed by atoms with Gasteiger partial charge in [0.1, 0.15) is 17.4 Å². The summed E-state index contributed by atoms with van der Waals surface area (Å²) in [5, 5.41) is 6.20. The summed E-state index contributed by atoms with van der Waals surface area (Å²) in [6.07, 6.45) is -0.667. The van der Waals surface area contributed by atoms with Crippen molar-refractivity contribution in [2.24, 2.45) is 5.16 Å². The van der Waals surface area contributed by atoms with Crippen LogP contribution < -0.4 is 10.1 Å². The molecule has 0 bridgehead atoms. The van der Waals surface area contributed by atoms with Crippen LogP contribution in [-0.4, -0.2) is 24.8 Å². The van der Waals surface area contributed by atoms with Gasteiger partial charge in [-0.2, -0.15) is 0 Å². The van der Waals surface area contributed by atoms with Gasteiger partial charge in [0.2, 0.25) is 6.10 Å². The average Bonchev–Trinajstić information content (AvgIpc) is 3.08. The Balaban J connectivity index is 1.65. The van der Waals surface area contributed by atoms with E-state index in [4.69, 9.17) is 9.57 Å². The number of amides is 1. The fourth-order valence-corrected chi connectivity index (χ4v) is 2.28. The van der Waals surface area contributed by atoms with Crippen molar-refractivity contribution in [3.05, 3.63) is 59.7 Å². The maximum Gasteiger partial charge on any atom is 0.268 e. The predicted molar refractivity (Wildman–Crippen MR) is 84.0 cm³/mol. The van der Waals surface area contributed by atoms with Crippen molar-refractivity contribution in [3.63, 3.8) is 0 Å². The zero-order valence-electron chi connectivity index (χ0n) is 12.8. The van der Waals surface area contributed by atoms with Crippen LogP contribution in [0.4, 0.5) is 14.5 Å². The molecule has 5 nitrogen and oxygen atoms in total. The maximum absolute atomic E-state index is 13.6. The summed E-state index contributed by atoms with van der Waals surface area (Å²) in [5.41, 5.74) is 1.15. The van der Waals surface area contributed by atoms with Gasteiger partial charge in [-0.3, -0.25) is 4.79 Å². The SMILES string of the molecule is COc1ccc(C2=NOC(C(=O)Nc3cc(F)ccc3F)C2)cc1. The van der Waals surface area contributed by atoms with E-state index >= 15 is 0 Å². The van der Waals surface area contributed by atoms with Crippen molar-refractivity contribution < 1.29 is 23.1 Å². The zero-order valence-corrected chi connectivity index (χ0v) is 12.8. The Kier molecular flexibility index (Phi) is 4.41. The van der Waals surface area contributed by atoms with Gasteiger partial charge in [0.15, 0.2) is 0 Å². The Labute approximate surface area is 136 Å². The second-order valence-corrected chi connectivity index (χ2v) is 5.18. The van der Waals surface area contributed by atoms with E-state index in [1.54, 1.807) is 31.4 Å². The molecule has 1 N–H and O–H groups in total. The molecule has 0 saturated heterocycles. The quantitative estimate of drug-likeness (QED) is 0.936. The van der Waals surface area contributed by atoms with Gasteiger partial charge in [-0.05, 0) is 42.0 Å². The minimum absolute atomic E-state index is 0.231. The first-order chi connectivity index (χ1) is 11.6. The largest absolute Gasteiger partial charge is 0.497 e. The zero-order chi connectivity index (χ0) is 17.1. The summed E-state index contributed by atoms with van der Waals surface area (Å²) in [5.74, 6) is -1.26. The number of nitrogens with one attached hydrogen (secondary N) is 1. The first-order valence-corrected chi connectivity index (χ1v) is 7.20. The summed E-state index contributed by atoms with van der Waals surface area (Å²) in [7, 11) is 1.57. The second-order valence-electron chi connectivity index (χ2n) is 5.18. The summed E-state index contributed by atoms with van der Waals surface area (Å²) in [6, 6.07) is 9.97. The molecule has 3 rings (SSSR count). The van der Waals surface area contributed by atoms with Crippen LogP contribution in [0.5, 0.6) is 5.75 Å². The second kappa shape index (κ2) is 6.66.